The second-order valence-electron chi connectivity index (χ2n) is 5.18. The molecule has 1 atom stereocenters. The molecule has 1 fully saturated rings. The van der Waals surface area contributed by atoms with Gasteiger partial charge in [0.1, 0.15) is 0 Å². The summed E-state index contributed by atoms with van der Waals surface area (Å²) < 4.78 is 1.02. The molecule has 1 N–H and O–H groups in total. The van der Waals surface area contributed by atoms with Gasteiger partial charge in [0.15, 0.2) is 0 Å². The van der Waals surface area contributed by atoms with Gasteiger partial charge in [-0.2, -0.15) is 0 Å². The minimum absolute atomic E-state index is 0.223. The van der Waals surface area contributed by atoms with Crippen LogP contribution in [0.3, 0.4) is 0 Å². The van der Waals surface area contributed by atoms with Crippen molar-refractivity contribution in [3.05, 3.63) is 34.3 Å². The number of carboxylic acid groups (broad SMARTS) is 1. The van der Waals surface area contributed by atoms with Crippen molar-refractivity contribution in [2.45, 2.75) is 38.5 Å². The van der Waals surface area contributed by atoms with Gasteiger partial charge < -0.3 is 5.11 Å². The molecule has 1 unspecified atom stereocenters. The van der Waals surface area contributed by atoms with E-state index in [2.05, 4.69) is 15.9 Å². The molecule has 98 valence electrons. The summed E-state index contributed by atoms with van der Waals surface area (Å²) in [5, 5.41) is 9.44. The number of hydrogen-bond acceptors (Lipinski definition) is 1. The smallest absolute Gasteiger partial charge is 0.307 e. The third kappa shape index (κ3) is 3.58. The number of aliphatic carboxylic acids is 1. The van der Waals surface area contributed by atoms with Crippen molar-refractivity contribution in [3.8, 4) is 0 Å². The molecule has 0 saturated heterocycles. The minimum atomic E-state index is -0.637. The zero-order chi connectivity index (χ0) is 13.0. The van der Waals surface area contributed by atoms with Crippen LogP contribution in [0.25, 0.3) is 0 Å². The van der Waals surface area contributed by atoms with Gasteiger partial charge >= 0.3 is 5.97 Å². The van der Waals surface area contributed by atoms with Gasteiger partial charge in [-0.25, -0.2) is 0 Å². The van der Waals surface area contributed by atoms with Gasteiger partial charge in [0.25, 0.3) is 0 Å². The molecule has 0 aromatic heterocycles. The molecule has 18 heavy (non-hydrogen) atoms. The Morgan fingerprint density at radius 2 is 2.06 bits per heavy atom. The lowest BCUT2D eigenvalue weighted by molar-refractivity contribution is -0.144. The van der Waals surface area contributed by atoms with Crippen LogP contribution in [0.4, 0.5) is 0 Å². The van der Waals surface area contributed by atoms with Crippen molar-refractivity contribution in [1.82, 2.24) is 0 Å². The largest absolute Gasteiger partial charge is 0.481 e. The summed E-state index contributed by atoms with van der Waals surface area (Å²) in [6.45, 7) is 0. The third-order valence-corrected chi connectivity index (χ3v) is 4.37. The Morgan fingerprint density at radius 3 is 2.67 bits per heavy atom. The maximum Gasteiger partial charge on any atom is 0.307 e. The highest BCUT2D eigenvalue weighted by molar-refractivity contribution is 9.10. The molecule has 3 heteroatoms. The van der Waals surface area contributed by atoms with E-state index in [1.807, 2.05) is 24.3 Å². The quantitative estimate of drug-likeness (QED) is 0.901. The van der Waals surface area contributed by atoms with Crippen LogP contribution in [-0.4, -0.2) is 11.1 Å². The molecular weight excluding hydrogens is 292 g/mol. The fourth-order valence-electron chi connectivity index (χ4n) is 2.91. The number of hydrogen-bond donors (Lipinski definition) is 1. The first-order valence-corrected chi connectivity index (χ1v) is 7.43. The van der Waals surface area contributed by atoms with Gasteiger partial charge in [0.05, 0.1) is 5.92 Å². The summed E-state index contributed by atoms with van der Waals surface area (Å²) in [4.78, 5) is 11.5. The Hall–Kier alpha value is -0.830. The lowest BCUT2D eigenvalue weighted by atomic mass is 9.77. The molecule has 1 saturated carbocycles. The molecule has 2 nitrogen and oxygen atoms in total. The summed E-state index contributed by atoms with van der Waals surface area (Å²) in [7, 11) is 0. The lowest BCUT2D eigenvalue weighted by Gasteiger charge is -2.27. The normalized spacial score (nSPS) is 18.5. The third-order valence-electron chi connectivity index (χ3n) is 3.88. The number of carboxylic acids is 1. The van der Waals surface area contributed by atoms with Crippen LogP contribution in [-0.2, 0) is 11.2 Å². The zero-order valence-electron chi connectivity index (χ0n) is 10.4. The Kier molecular flexibility index (Phi) is 4.81. The van der Waals surface area contributed by atoms with Gasteiger partial charge in [-0.05, 0) is 42.9 Å². The molecule has 1 aromatic carbocycles. The molecular formula is C15H19BrO2. The molecule has 0 spiro atoms. The van der Waals surface area contributed by atoms with E-state index in [1.54, 1.807) is 0 Å². The average Bonchev–Trinajstić information content (AvgIpc) is 2.37. The lowest BCUT2D eigenvalue weighted by Crippen LogP contribution is -2.27. The highest BCUT2D eigenvalue weighted by Crippen LogP contribution is 2.32. The first-order chi connectivity index (χ1) is 8.66. The van der Waals surface area contributed by atoms with Crippen LogP contribution in [0.5, 0.6) is 0 Å². The van der Waals surface area contributed by atoms with Gasteiger partial charge in [0.2, 0.25) is 0 Å². The van der Waals surface area contributed by atoms with Crippen molar-refractivity contribution in [3.63, 3.8) is 0 Å². The molecule has 0 bridgehead atoms. The van der Waals surface area contributed by atoms with Crippen molar-refractivity contribution in [1.29, 1.82) is 0 Å². The van der Waals surface area contributed by atoms with Crippen LogP contribution in [0.2, 0.25) is 0 Å². The molecule has 0 amide bonds. The van der Waals surface area contributed by atoms with Crippen LogP contribution in [0.1, 0.15) is 37.7 Å². The van der Waals surface area contributed by atoms with Gasteiger partial charge in [-0.3, -0.25) is 4.79 Å². The highest BCUT2D eigenvalue weighted by atomic mass is 79.9. The van der Waals surface area contributed by atoms with Crippen molar-refractivity contribution >= 4 is 21.9 Å². The maximum absolute atomic E-state index is 11.5. The standard InChI is InChI=1S/C15H19BrO2/c16-13-8-4-5-11(9-13)10-14(15(17)18)12-6-2-1-3-7-12/h4-5,8-9,12,14H,1-3,6-7,10H2,(H,17,18). The minimum Gasteiger partial charge on any atom is -0.481 e. The summed E-state index contributed by atoms with van der Waals surface area (Å²) in [5.74, 6) is -0.503. The number of halogens is 1. The first-order valence-electron chi connectivity index (χ1n) is 6.64. The van der Waals surface area contributed by atoms with Crippen molar-refractivity contribution in [2.75, 3.05) is 0 Å². The molecule has 2 rings (SSSR count). The Labute approximate surface area is 117 Å². The van der Waals surface area contributed by atoms with Gasteiger partial charge in [-0.15, -0.1) is 0 Å². The van der Waals surface area contributed by atoms with Crippen LogP contribution in [0, 0.1) is 11.8 Å². The number of carbonyl (C=O) groups is 1. The van der Waals surface area contributed by atoms with E-state index in [-0.39, 0.29) is 5.92 Å². The first kappa shape index (κ1) is 13.6. The maximum atomic E-state index is 11.5. The van der Waals surface area contributed by atoms with Gasteiger partial charge in [-0.1, -0.05) is 47.3 Å². The van der Waals surface area contributed by atoms with Gasteiger partial charge in [0, 0.05) is 4.47 Å². The SMILES string of the molecule is O=C(O)C(Cc1cccc(Br)c1)C1CCCCC1. The Balaban J connectivity index is 2.08. The van der Waals surface area contributed by atoms with E-state index >= 15 is 0 Å². The molecule has 1 aromatic rings. The number of rotatable bonds is 4. The predicted octanol–water partition coefficient (Wildman–Crippen LogP) is 4.27. The van der Waals surface area contributed by atoms with Crippen molar-refractivity contribution in [2.24, 2.45) is 11.8 Å². The Morgan fingerprint density at radius 1 is 1.33 bits per heavy atom. The zero-order valence-corrected chi connectivity index (χ0v) is 12.0. The second-order valence-corrected chi connectivity index (χ2v) is 6.09. The molecule has 1 aliphatic carbocycles. The monoisotopic (exact) mass is 310 g/mol. The average molecular weight is 311 g/mol. The number of benzene rings is 1. The molecule has 0 radical (unpaired) electrons. The summed E-state index contributed by atoms with van der Waals surface area (Å²) in [6, 6.07) is 7.99. The summed E-state index contributed by atoms with van der Waals surface area (Å²) in [5.41, 5.74) is 1.11. The van der Waals surface area contributed by atoms with E-state index < -0.39 is 5.97 Å². The fraction of sp³-hybridized carbons (Fsp3) is 0.533. The second kappa shape index (κ2) is 6.37. The van der Waals surface area contributed by atoms with Crippen LogP contribution < -0.4 is 0 Å². The van der Waals surface area contributed by atoms with E-state index in [4.69, 9.17) is 0 Å². The summed E-state index contributed by atoms with van der Waals surface area (Å²) >= 11 is 3.44. The molecule has 1 aliphatic rings. The molecule has 0 heterocycles. The predicted molar refractivity (Wildman–Crippen MR) is 75.5 cm³/mol. The molecule has 0 aliphatic heterocycles. The van der Waals surface area contributed by atoms with E-state index in [9.17, 15) is 9.90 Å². The van der Waals surface area contributed by atoms with Crippen LogP contribution in [0.15, 0.2) is 28.7 Å². The van der Waals surface area contributed by atoms with E-state index in [1.165, 1.54) is 19.3 Å². The van der Waals surface area contributed by atoms with E-state index in [0.29, 0.717) is 12.3 Å². The van der Waals surface area contributed by atoms with Crippen LogP contribution >= 0.6 is 15.9 Å². The summed E-state index contributed by atoms with van der Waals surface area (Å²) in [6.07, 6.45) is 6.44. The Bertz CT molecular complexity index is 411. The topological polar surface area (TPSA) is 37.3 Å². The highest BCUT2D eigenvalue weighted by Gasteiger charge is 2.29. The fourth-order valence-corrected chi connectivity index (χ4v) is 3.36. The van der Waals surface area contributed by atoms with E-state index in [0.717, 1.165) is 22.9 Å². The van der Waals surface area contributed by atoms with Crippen molar-refractivity contribution < 1.29 is 9.90 Å².